The Balaban J connectivity index is 1.68. The monoisotopic (exact) mass is 384 g/mol. The second kappa shape index (κ2) is 9.39. The molecule has 1 aliphatic carbocycles. The largest absolute Gasteiger partial charge is 0.462 e. The number of carbonyl (C=O) groups excluding carboxylic acids is 2. The molecule has 0 unspecified atom stereocenters. The summed E-state index contributed by atoms with van der Waals surface area (Å²) in [4.78, 5) is 24.5. The average Bonchev–Trinajstić information content (AvgIpc) is 3.05. The number of carbonyl (C=O) groups is 2. The van der Waals surface area contributed by atoms with Crippen molar-refractivity contribution in [2.45, 2.75) is 57.9 Å². The lowest BCUT2D eigenvalue weighted by atomic mass is 9.96. The highest BCUT2D eigenvalue weighted by atomic mass is 16.5. The molecule has 7 heteroatoms. The van der Waals surface area contributed by atoms with Crippen molar-refractivity contribution >= 4 is 17.7 Å². The van der Waals surface area contributed by atoms with Gasteiger partial charge in [-0.1, -0.05) is 32.1 Å². The second-order valence-electron chi connectivity index (χ2n) is 7.14. The third-order valence-corrected chi connectivity index (χ3v) is 5.12. The van der Waals surface area contributed by atoms with Crippen molar-refractivity contribution in [2.75, 3.05) is 12.3 Å². The third-order valence-electron chi connectivity index (χ3n) is 5.12. The highest BCUT2D eigenvalue weighted by Gasteiger charge is 2.18. The molecule has 1 saturated carbocycles. The van der Waals surface area contributed by atoms with E-state index in [0.29, 0.717) is 11.3 Å². The first-order valence-electron chi connectivity index (χ1n) is 10.0. The Bertz CT molecular complexity index is 806. The Morgan fingerprint density at radius 2 is 1.79 bits per heavy atom. The van der Waals surface area contributed by atoms with Gasteiger partial charge < -0.3 is 15.8 Å². The zero-order valence-corrected chi connectivity index (χ0v) is 16.3. The molecule has 1 aliphatic rings. The molecule has 1 amide bonds. The number of nitrogens with zero attached hydrogens (tertiary/aromatic N) is 2. The molecule has 3 rings (SSSR count). The Morgan fingerprint density at radius 1 is 1.14 bits per heavy atom. The first-order chi connectivity index (χ1) is 13.6. The number of ether oxygens (including phenoxy) is 1. The lowest BCUT2D eigenvalue weighted by Gasteiger charge is -2.21. The summed E-state index contributed by atoms with van der Waals surface area (Å²) < 4.78 is 6.43. The highest BCUT2D eigenvalue weighted by Crippen LogP contribution is 2.20. The molecule has 1 heterocycles. The first kappa shape index (κ1) is 19.9. The van der Waals surface area contributed by atoms with Gasteiger partial charge in [-0.3, -0.25) is 4.79 Å². The Morgan fingerprint density at radius 3 is 2.43 bits per heavy atom. The number of anilines is 1. The van der Waals surface area contributed by atoms with Crippen LogP contribution in [0, 0.1) is 0 Å². The minimum atomic E-state index is -0.499. The zero-order chi connectivity index (χ0) is 19.9. The van der Waals surface area contributed by atoms with Crippen LogP contribution in [-0.2, 0) is 4.74 Å². The summed E-state index contributed by atoms with van der Waals surface area (Å²) in [6.45, 7) is 2.01. The van der Waals surface area contributed by atoms with Crippen LogP contribution >= 0.6 is 0 Å². The molecular formula is C21H28N4O3. The molecule has 0 atom stereocenters. The molecule has 3 N–H and O–H groups in total. The van der Waals surface area contributed by atoms with E-state index in [-0.39, 0.29) is 29.9 Å². The molecular weight excluding hydrogens is 356 g/mol. The predicted octanol–water partition coefficient (Wildman–Crippen LogP) is 3.47. The molecule has 2 aromatic rings. The van der Waals surface area contributed by atoms with Gasteiger partial charge in [0.1, 0.15) is 11.4 Å². The number of aromatic nitrogens is 2. The van der Waals surface area contributed by atoms with Crippen molar-refractivity contribution in [2.24, 2.45) is 0 Å². The summed E-state index contributed by atoms with van der Waals surface area (Å²) in [5.41, 5.74) is 7.54. The Kier molecular flexibility index (Phi) is 6.68. The summed E-state index contributed by atoms with van der Waals surface area (Å²) in [6, 6.07) is 7.29. The molecule has 1 aromatic heterocycles. The fraction of sp³-hybridized carbons (Fsp3) is 0.476. The van der Waals surface area contributed by atoms with Crippen LogP contribution in [0.25, 0.3) is 5.69 Å². The Labute approximate surface area is 165 Å². The van der Waals surface area contributed by atoms with Gasteiger partial charge in [-0.25, -0.2) is 9.48 Å². The van der Waals surface area contributed by atoms with Crippen LogP contribution in [0.4, 0.5) is 5.82 Å². The lowest BCUT2D eigenvalue weighted by Crippen LogP contribution is -2.35. The zero-order valence-electron chi connectivity index (χ0n) is 16.3. The van der Waals surface area contributed by atoms with Gasteiger partial charge in [-0.15, -0.1) is 0 Å². The van der Waals surface area contributed by atoms with Gasteiger partial charge in [0, 0.05) is 11.6 Å². The molecule has 28 heavy (non-hydrogen) atoms. The van der Waals surface area contributed by atoms with Gasteiger partial charge in [0.05, 0.1) is 18.5 Å². The molecule has 0 bridgehead atoms. The van der Waals surface area contributed by atoms with Crippen molar-refractivity contribution in [1.82, 2.24) is 15.1 Å². The number of amides is 1. The van der Waals surface area contributed by atoms with E-state index in [9.17, 15) is 9.59 Å². The van der Waals surface area contributed by atoms with E-state index >= 15 is 0 Å². The van der Waals surface area contributed by atoms with E-state index in [4.69, 9.17) is 10.5 Å². The molecule has 1 fully saturated rings. The molecule has 1 aromatic carbocycles. The van der Waals surface area contributed by atoms with Crippen LogP contribution in [0.3, 0.4) is 0 Å². The van der Waals surface area contributed by atoms with E-state index in [2.05, 4.69) is 10.4 Å². The van der Waals surface area contributed by atoms with Crippen LogP contribution in [0.5, 0.6) is 0 Å². The van der Waals surface area contributed by atoms with Crippen LogP contribution < -0.4 is 11.1 Å². The summed E-state index contributed by atoms with van der Waals surface area (Å²) >= 11 is 0. The number of benzene rings is 1. The maximum Gasteiger partial charge on any atom is 0.343 e. The van der Waals surface area contributed by atoms with Gasteiger partial charge in [-0.05, 0) is 44.0 Å². The van der Waals surface area contributed by atoms with Gasteiger partial charge >= 0.3 is 5.97 Å². The van der Waals surface area contributed by atoms with E-state index < -0.39 is 5.97 Å². The normalized spacial score (nSPS) is 15.5. The van der Waals surface area contributed by atoms with Gasteiger partial charge in [0.15, 0.2) is 0 Å². The standard InChI is InChI=1S/C21H28N4O3/c1-2-28-21(27)18-14-23-25(19(18)22)17-12-10-15(11-13-17)20(26)24-16-8-6-4-3-5-7-9-16/h10-14,16H,2-9,22H2,1H3,(H,24,26). The molecule has 0 radical (unpaired) electrons. The van der Waals surface area contributed by atoms with E-state index in [1.807, 2.05) is 0 Å². The molecule has 150 valence electrons. The third kappa shape index (κ3) is 4.71. The lowest BCUT2D eigenvalue weighted by molar-refractivity contribution is 0.0527. The highest BCUT2D eigenvalue weighted by molar-refractivity contribution is 5.95. The van der Waals surface area contributed by atoms with E-state index in [1.54, 1.807) is 31.2 Å². The first-order valence-corrected chi connectivity index (χ1v) is 10.0. The van der Waals surface area contributed by atoms with E-state index in [1.165, 1.54) is 43.0 Å². The topological polar surface area (TPSA) is 99.2 Å². The predicted molar refractivity (Wildman–Crippen MR) is 108 cm³/mol. The van der Waals surface area contributed by atoms with Crippen molar-refractivity contribution in [3.05, 3.63) is 41.6 Å². The fourth-order valence-corrected chi connectivity index (χ4v) is 3.55. The minimum Gasteiger partial charge on any atom is -0.462 e. The van der Waals surface area contributed by atoms with Crippen LogP contribution in [0.15, 0.2) is 30.5 Å². The van der Waals surface area contributed by atoms with Crippen molar-refractivity contribution in [3.63, 3.8) is 0 Å². The molecule has 7 nitrogen and oxygen atoms in total. The molecule has 0 spiro atoms. The minimum absolute atomic E-state index is 0.0576. The summed E-state index contributed by atoms with van der Waals surface area (Å²) in [6.07, 6.45) is 9.63. The summed E-state index contributed by atoms with van der Waals surface area (Å²) in [5.74, 6) is -0.343. The Hall–Kier alpha value is -2.83. The number of hydrogen-bond acceptors (Lipinski definition) is 5. The van der Waals surface area contributed by atoms with Crippen molar-refractivity contribution < 1.29 is 14.3 Å². The number of hydrogen-bond donors (Lipinski definition) is 2. The van der Waals surface area contributed by atoms with Crippen molar-refractivity contribution in [3.8, 4) is 5.69 Å². The summed E-state index contributed by atoms with van der Waals surface area (Å²) in [5, 5.41) is 7.33. The maximum absolute atomic E-state index is 12.6. The number of nitrogens with one attached hydrogen (secondary N) is 1. The second-order valence-corrected chi connectivity index (χ2v) is 7.14. The number of nitrogen functional groups attached to an aromatic ring is 1. The SMILES string of the molecule is CCOC(=O)c1cnn(-c2ccc(C(=O)NC3CCCCCCC3)cc2)c1N. The smallest absolute Gasteiger partial charge is 0.343 e. The summed E-state index contributed by atoms with van der Waals surface area (Å²) in [7, 11) is 0. The number of nitrogens with two attached hydrogens (primary N) is 1. The van der Waals surface area contributed by atoms with Crippen LogP contribution in [-0.4, -0.2) is 34.3 Å². The quantitative estimate of drug-likeness (QED) is 0.769. The number of esters is 1. The van der Waals surface area contributed by atoms with Crippen LogP contribution in [0.2, 0.25) is 0 Å². The van der Waals surface area contributed by atoms with E-state index in [0.717, 1.165) is 12.8 Å². The van der Waals surface area contributed by atoms with Gasteiger partial charge in [-0.2, -0.15) is 5.10 Å². The number of rotatable bonds is 5. The average molecular weight is 384 g/mol. The van der Waals surface area contributed by atoms with Gasteiger partial charge in [0.25, 0.3) is 5.91 Å². The molecule has 0 saturated heterocycles. The van der Waals surface area contributed by atoms with Crippen LogP contribution in [0.1, 0.15) is 72.6 Å². The van der Waals surface area contributed by atoms with Gasteiger partial charge in [0.2, 0.25) is 0 Å². The molecule has 0 aliphatic heterocycles. The van der Waals surface area contributed by atoms with Crippen molar-refractivity contribution in [1.29, 1.82) is 0 Å². The maximum atomic E-state index is 12.6. The fourth-order valence-electron chi connectivity index (χ4n) is 3.55.